The summed E-state index contributed by atoms with van der Waals surface area (Å²) in [6, 6.07) is 17.6. The number of benzene rings is 2. The fourth-order valence-corrected chi connectivity index (χ4v) is 2.76. The summed E-state index contributed by atoms with van der Waals surface area (Å²) in [6.07, 6.45) is 6.08. The molecule has 2 aromatic carbocycles. The first kappa shape index (κ1) is 34.5. The van der Waals surface area contributed by atoms with Crippen molar-refractivity contribution in [3.05, 3.63) is 121 Å². The molecule has 0 aliphatic carbocycles. The van der Waals surface area contributed by atoms with E-state index in [-0.39, 0.29) is 0 Å². The molecule has 3 rings (SSSR count). The van der Waals surface area contributed by atoms with Gasteiger partial charge in [0.05, 0.1) is 17.3 Å². The highest BCUT2D eigenvalue weighted by molar-refractivity contribution is 5.76. The number of aliphatic carboxylic acids is 1. The molecule has 0 aliphatic heterocycles. The predicted molar refractivity (Wildman–Crippen MR) is 156 cm³/mol. The molecular formula is C31H45N3O2. The molecule has 0 saturated carbocycles. The van der Waals surface area contributed by atoms with E-state index in [0.717, 1.165) is 22.5 Å². The van der Waals surface area contributed by atoms with Gasteiger partial charge in [-0.05, 0) is 72.4 Å². The number of carboxylic acids is 1. The van der Waals surface area contributed by atoms with Gasteiger partial charge in [-0.3, -0.25) is 4.79 Å². The van der Waals surface area contributed by atoms with Crippen LogP contribution in [0.5, 0.6) is 0 Å². The van der Waals surface area contributed by atoms with Crippen molar-refractivity contribution in [2.45, 2.75) is 53.9 Å². The van der Waals surface area contributed by atoms with Crippen molar-refractivity contribution in [1.82, 2.24) is 9.78 Å². The highest BCUT2D eigenvalue weighted by atomic mass is 16.4. The van der Waals surface area contributed by atoms with E-state index in [9.17, 15) is 9.90 Å². The third kappa shape index (κ3) is 13.9. The second-order valence-corrected chi connectivity index (χ2v) is 7.87. The first-order chi connectivity index (χ1) is 17.2. The highest BCUT2D eigenvalue weighted by Crippen LogP contribution is 2.22. The lowest BCUT2D eigenvalue weighted by Crippen LogP contribution is -2.15. The van der Waals surface area contributed by atoms with Crippen LogP contribution in [-0.2, 0) is 11.2 Å². The van der Waals surface area contributed by atoms with Gasteiger partial charge in [-0.25, -0.2) is 4.68 Å². The van der Waals surface area contributed by atoms with Gasteiger partial charge in [0.2, 0.25) is 0 Å². The average molecular weight is 492 g/mol. The lowest BCUT2D eigenvalue weighted by Gasteiger charge is -2.12. The quantitative estimate of drug-likeness (QED) is 0.363. The first-order valence-electron chi connectivity index (χ1n) is 11.9. The van der Waals surface area contributed by atoms with Crippen molar-refractivity contribution in [3.63, 3.8) is 0 Å². The van der Waals surface area contributed by atoms with Gasteiger partial charge in [-0.15, -0.1) is 19.7 Å². The Morgan fingerprint density at radius 1 is 1.03 bits per heavy atom. The molecule has 1 heterocycles. The number of aryl methyl sites for hydroxylation is 2. The van der Waals surface area contributed by atoms with Crippen LogP contribution in [0.4, 0.5) is 0 Å². The summed E-state index contributed by atoms with van der Waals surface area (Å²) in [5.74, 6) is -1.42. The third-order valence-corrected chi connectivity index (χ3v) is 4.68. The van der Waals surface area contributed by atoms with Gasteiger partial charge in [-0.1, -0.05) is 65.3 Å². The largest absolute Gasteiger partial charge is 0.481 e. The SMILES string of the molecule is C=C.C=CC.CC=C(C)C.CN.Cc1ccc(-n2ccc(CC(C(=O)O)c3cccc(C)c3)n2)cc1. The van der Waals surface area contributed by atoms with Crippen LogP contribution >= 0.6 is 0 Å². The van der Waals surface area contributed by atoms with Crippen molar-refractivity contribution >= 4 is 5.97 Å². The number of nitrogens with zero attached hydrogens (tertiary/aromatic N) is 2. The number of carboxylic acid groups (broad SMARTS) is 1. The monoisotopic (exact) mass is 491 g/mol. The van der Waals surface area contributed by atoms with Crippen LogP contribution in [0.3, 0.4) is 0 Å². The Hall–Kier alpha value is -3.70. The predicted octanol–water partition coefficient (Wildman–Crippen LogP) is 7.44. The molecule has 1 atom stereocenters. The van der Waals surface area contributed by atoms with Gasteiger partial charge in [0, 0.05) is 12.6 Å². The van der Waals surface area contributed by atoms with Gasteiger partial charge in [0.15, 0.2) is 0 Å². The van der Waals surface area contributed by atoms with Gasteiger partial charge in [0.25, 0.3) is 0 Å². The number of hydrogen-bond donors (Lipinski definition) is 2. The lowest BCUT2D eigenvalue weighted by molar-refractivity contribution is -0.138. The number of rotatable bonds is 5. The van der Waals surface area contributed by atoms with Crippen LogP contribution in [0, 0.1) is 13.8 Å². The molecule has 0 bridgehead atoms. The number of allylic oxidation sites excluding steroid dienone is 3. The van der Waals surface area contributed by atoms with E-state index < -0.39 is 11.9 Å². The summed E-state index contributed by atoms with van der Waals surface area (Å²) in [4.78, 5) is 11.7. The van der Waals surface area contributed by atoms with Crippen molar-refractivity contribution in [2.75, 3.05) is 7.05 Å². The van der Waals surface area contributed by atoms with Crippen LogP contribution in [0.2, 0.25) is 0 Å². The topological polar surface area (TPSA) is 81.1 Å². The smallest absolute Gasteiger partial charge is 0.311 e. The Balaban J connectivity index is 0. The van der Waals surface area contributed by atoms with E-state index in [1.54, 1.807) is 10.8 Å². The van der Waals surface area contributed by atoms with Gasteiger partial charge < -0.3 is 10.8 Å². The Morgan fingerprint density at radius 3 is 2.00 bits per heavy atom. The highest BCUT2D eigenvalue weighted by Gasteiger charge is 2.21. The molecule has 1 unspecified atom stereocenters. The van der Waals surface area contributed by atoms with E-state index in [1.807, 2.05) is 88.5 Å². The normalized spacial score (nSPS) is 9.67. The molecule has 36 heavy (non-hydrogen) atoms. The molecule has 0 spiro atoms. The second kappa shape index (κ2) is 20.7. The summed E-state index contributed by atoms with van der Waals surface area (Å²) < 4.78 is 1.78. The second-order valence-electron chi connectivity index (χ2n) is 7.87. The van der Waals surface area contributed by atoms with Crippen molar-refractivity contribution in [3.8, 4) is 5.69 Å². The summed E-state index contributed by atoms with van der Waals surface area (Å²) >= 11 is 0. The summed E-state index contributed by atoms with van der Waals surface area (Å²) in [6.45, 7) is 21.5. The van der Waals surface area contributed by atoms with Crippen LogP contribution in [0.1, 0.15) is 56.0 Å². The number of aromatic nitrogens is 2. The zero-order valence-electron chi connectivity index (χ0n) is 23.2. The third-order valence-electron chi connectivity index (χ3n) is 4.68. The number of hydrogen-bond acceptors (Lipinski definition) is 3. The summed E-state index contributed by atoms with van der Waals surface area (Å²) in [5, 5.41) is 14.1. The first-order valence-corrected chi connectivity index (χ1v) is 11.9. The number of carbonyl (C=O) groups is 1. The van der Waals surface area contributed by atoms with Gasteiger partial charge in [-0.2, -0.15) is 5.10 Å². The average Bonchev–Trinajstić information content (AvgIpc) is 3.35. The molecule has 0 radical (unpaired) electrons. The molecule has 3 aromatic rings. The molecule has 1 aromatic heterocycles. The molecule has 0 fully saturated rings. The Bertz CT molecular complexity index is 1030. The number of nitrogens with two attached hydrogens (primary N) is 1. The Kier molecular flexibility index (Phi) is 19.8. The molecule has 0 saturated heterocycles. The molecular weight excluding hydrogens is 446 g/mol. The maximum atomic E-state index is 11.7. The molecule has 5 heteroatoms. The van der Waals surface area contributed by atoms with Crippen molar-refractivity contribution in [2.24, 2.45) is 5.73 Å². The minimum atomic E-state index is -0.828. The Morgan fingerprint density at radius 2 is 1.56 bits per heavy atom. The van der Waals surface area contributed by atoms with E-state index in [4.69, 9.17) is 0 Å². The Labute approximate surface area is 218 Å². The minimum absolute atomic E-state index is 0.373. The van der Waals surface area contributed by atoms with E-state index in [1.165, 1.54) is 18.2 Å². The van der Waals surface area contributed by atoms with Crippen molar-refractivity contribution < 1.29 is 9.90 Å². The zero-order valence-corrected chi connectivity index (χ0v) is 23.2. The summed E-state index contributed by atoms with van der Waals surface area (Å²) in [7, 11) is 1.50. The fraction of sp³-hybridized carbons (Fsp3) is 0.290. The van der Waals surface area contributed by atoms with E-state index in [2.05, 4.69) is 50.5 Å². The van der Waals surface area contributed by atoms with Crippen LogP contribution in [0.25, 0.3) is 5.69 Å². The van der Waals surface area contributed by atoms with Crippen LogP contribution in [-0.4, -0.2) is 27.9 Å². The lowest BCUT2D eigenvalue weighted by atomic mass is 9.93. The molecule has 5 nitrogen and oxygen atoms in total. The summed E-state index contributed by atoms with van der Waals surface area (Å²) in [5.41, 5.74) is 10.7. The zero-order chi connectivity index (χ0) is 28.1. The van der Waals surface area contributed by atoms with Gasteiger partial charge in [0.1, 0.15) is 0 Å². The maximum Gasteiger partial charge on any atom is 0.311 e. The molecule has 196 valence electrons. The van der Waals surface area contributed by atoms with Gasteiger partial charge >= 0.3 is 5.97 Å². The van der Waals surface area contributed by atoms with Crippen LogP contribution in [0.15, 0.2) is 98.3 Å². The standard InChI is InChI=1S/C20H20N2O2.C5H10.C3H6.C2H4.CH5N/c1-14-6-8-18(9-7-14)22-11-10-17(21-22)13-19(20(23)24)16-5-3-4-15(2)12-16;1-4-5(2)3;1-3-2;2*1-2/h3-12,19H,13H2,1-2H3,(H,23,24);4H,1-3H3;3H,1H2,2H3;1-2H2;2H2,1H3. The van der Waals surface area contributed by atoms with Crippen molar-refractivity contribution in [1.29, 1.82) is 0 Å². The minimum Gasteiger partial charge on any atom is -0.481 e. The maximum absolute atomic E-state index is 11.7. The molecule has 0 amide bonds. The van der Waals surface area contributed by atoms with Crippen LogP contribution < -0.4 is 5.73 Å². The fourth-order valence-electron chi connectivity index (χ4n) is 2.76. The van der Waals surface area contributed by atoms with E-state index in [0.29, 0.717) is 6.42 Å². The molecule has 3 N–H and O–H groups in total. The molecule has 0 aliphatic rings. The van der Waals surface area contributed by atoms with E-state index >= 15 is 0 Å².